The first kappa shape index (κ1) is 24.8. The molecule has 0 radical (unpaired) electrons. The van der Waals surface area contributed by atoms with Crippen molar-refractivity contribution in [1.82, 2.24) is 15.6 Å². The SMILES string of the molecule is CCNC(=NCc1ccc(OC(C)C)nc1)NCc1ccc(OC)cc1OC.I. The minimum Gasteiger partial charge on any atom is -0.497 e. The lowest BCUT2D eigenvalue weighted by molar-refractivity contribution is 0.232. The molecule has 0 fully saturated rings. The molecule has 0 aliphatic rings. The molecule has 0 unspecified atom stereocenters. The summed E-state index contributed by atoms with van der Waals surface area (Å²) >= 11 is 0. The highest BCUT2D eigenvalue weighted by atomic mass is 127. The summed E-state index contributed by atoms with van der Waals surface area (Å²) in [5, 5.41) is 6.58. The van der Waals surface area contributed by atoms with Crippen LogP contribution in [0.1, 0.15) is 31.9 Å². The molecule has 0 aliphatic carbocycles. The number of halogens is 1. The van der Waals surface area contributed by atoms with Gasteiger partial charge in [-0.2, -0.15) is 0 Å². The van der Waals surface area contributed by atoms with Crippen molar-refractivity contribution in [1.29, 1.82) is 0 Å². The highest BCUT2D eigenvalue weighted by Gasteiger charge is 2.06. The van der Waals surface area contributed by atoms with Gasteiger partial charge in [0.05, 0.1) is 26.9 Å². The van der Waals surface area contributed by atoms with Gasteiger partial charge in [-0.05, 0) is 38.5 Å². The van der Waals surface area contributed by atoms with Crippen molar-refractivity contribution < 1.29 is 14.2 Å². The summed E-state index contributed by atoms with van der Waals surface area (Å²) in [7, 11) is 3.29. The zero-order valence-corrected chi connectivity index (χ0v) is 20.0. The van der Waals surface area contributed by atoms with Gasteiger partial charge in [-0.25, -0.2) is 9.98 Å². The van der Waals surface area contributed by atoms with Crippen LogP contribution in [-0.4, -0.2) is 37.8 Å². The Morgan fingerprint density at radius 3 is 2.48 bits per heavy atom. The number of hydrogen-bond acceptors (Lipinski definition) is 5. The van der Waals surface area contributed by atoms with E-state index in [0.29, 0.717) is 19.0 Å². The van der Waals surface area contributed by atoms with Crippen LogP contribution in [0.3, 0.4) is 0 Å². The summed E-state index contributed by atoms with van der Waals surface area (Å²) in [4.78, 5) is 8.94. The lowest BCUT2D eigenvalue weighted by Gasteiger charge is -2.14. The second kappa shape index (κ2) is 13.1. The first-order valence-corrected chi connectivity index (χ1v) is 9.40. The summed E-state index contributed by atoms with van der Waals surface area (Å²) in [6.45, 7) is 7.86. The highest BCUT2D eigenvalue weighted by Crippen LogP contribution is 2.24. The van der Waals surface area contributed by atoms with Crippen molar-refractivity contribution in [3.63, 3.8) is 0 Å². The quantitative estimate of drug-likeness (QED) is 0.302. The number of methoxy groups -OCH3 is 2. The number of rotatable bonds is 9. The van der Waals surface area contributed by atoms with Crippen molar-refractivity contribution >= 4 is 29.9 Å². The van der Waals surface area contributed by atoms with Gasteiger partial charge < -0.3 is 24.8 Å². The van der Waals surface area contributed by atoms with Gasteiger partial charge in [-0.15, -0.1) is 24.0 Å². The number of ether oxygens (including phenoxy) is 3. The van der Waals surface area contributed by atoms with Gasteiger partial charge in [0.2, 0.25) is 5.88 Å². The molecule has 160 valence electrons. The van der Waals surface area contributed by atoms with E-state index in [0.717, 1.165) is 35.1 Å². The summed E-state index contributed by atoms with van der Waals surface area (Å²) in [5.74, 6) is 2.88. The van der Waals surface area contributed by atoms with Crippen molar-refractivity contribution in [3.8, 4) is 17.4 Å². The third-order valence-electron chi connectivity index (χ3n) is 3.86. The first-order chi connectivity index (χ1) is 13.5. The molecular weight excluding hydrogens is 483 g/mol. The van der Waals surface area contributed by atoms with Gasteiger partial charge in [0.25, 0.3) is 0 Å². The fraction of sp³-hybridized carbons (Fsp3) is 0.429. The largest absolute Gasteiger partial charge is 0.497 e. The van der Waals surface area contributed by atoms with Crippen molar-refractivity contribution in [2.45, 2.75) is 40.0 Å². The van der Waals surface area contributed by atoms with Crippen LogP contribution < -0.4 is 24.8 Å². The number of benzene rings is 1. The van der Waals surface area contributed by atoms with Crippen LogP contribution in [0.2, 0.25) is 0 Å². The van der Waals surface area contributed by atoms with Gasteiger partial charge >= 0.3 is 0 Å². The third-order valence-corrected chi connectivity index (χ3v) is 3.86. The van der Waals surface area contributed by atoms with E-state index in [-0.39, 0.29) is 30.1 Å². The van der Waals surface area contributed by atoms with E-state index in [1.54, 1.807) is 20.4 Å². The first-order valence-electron chi connectivity index (χ1n) is 9.40. The molecule has 2 aromatic rings. The molecule has 1 heterocycles. The van der Waals surface area contributed by atoms with Crippen LogP contribution in [0.5, 0.6) is 17.4 Å². The van der Waals surface area contributed by atoms with Crippen molar-refractivity contribution in [2.24, 2.45) is 4.99 Å². The second-order valence-electron chi connectivity index (χ2n) is 6.40. The number of guanidine groups is 1. The molecule has 8 heteroatoms. The Kier molecular flexibility index (Phi) is 11.2. The van der Waals surface area contributed by atoms with Crippen LogP contribution in [0.4, 0.5) is 0 Å². The molecule has 0 bridgehead atoms. The number of aromatic nitrogens is 1. The lowest BCUT2D eigenvalue weighted by Crippen LogP contribution is -2.36. The minimum atomic E-state index is 0. The monoisotopic (exact) mass is 514 g/mol. The van der Waals surface area contributed by atoms with E-state index in [1.165, 1.54) is 0 Å². The van der Waals surface area contributed by atoms with E-state index in [1.807, 2.05) is 51.1 Å². The number of nitrogens with one attached hydrogen (secondary N) is 2. The molecule has 7 nitrogen and oxygen atoms in total. The Bertz CT molecular complexity index is 767. The zero-order chi connectivity index (χ0) is 20.4. The van der Waals surface area contributed by atoms with E-state index in [9.17, 15) is 0 Å². The van der Waals surface area contributed by atoms with Crippen LogP contribution in [0.25, 0.3) is 0 Å². The van der Waals surface area contributed by atoms with Crippen LogP contribution in [0, 0.1) is 0 Å². The summed E-state index contributed by atoms with van der Waals surface area (Å²) in [6, 6.07) is 9.60. The summed E-state index contributed by atoms with van der Waals surface area (Å²) in [5.41, 5.74) is 2.03. The molecule has 0 saturated carbocycles. The maximum absolute atomic E-state index is 5.57. The molecule has 0 amide bonds. The standard InChI is InChI=1S/C21H30N4O3.HI/c1-6-22-21(24-13-16-7-10-20(23-12-16)28-15(2)3)25-14-17-8-9-18(26-4)11-19(17)27-5;/h7-12,15H,6,13-14H2,1-5H3,(H2,22,24,25);1H. The van der Waals surface area contributed by atoms with Crippen LogP contribution in [-0.2, 0) is 13.1 Å². The van der Waals surface area contributed by atoms with Gasteiger partial charge in [0.1, 0.15) is 11.5 Å². The molecule has 2 N–H and O–H groups in total. The Labute approximate surface area is 190 Å². The Morgan fingerprint density at radius 2 is 1.90 bits per heavy atom. The van der Waals surface area contributed by atoms with Crippen LogP contribution in [0.15, 0.2) is 41.5 Å². The van der Waals surface area contributed by atoms with E-state index < -0.39 is 0 Å². The van der Waals surface area contributed by atoms with Gasteiger partial charge in [-0.3, -0.25) is 0 Å². The zero-order valence-electron chi connectivity index (χ0n) is 17.7. The number of hydrogen-bond donors (Lipinski definition) is 2. The predicted molar refractivity (Wildman–Crippen MR) is 127 cm³/mol. The average molecular weight is 514 g/mol. The van der Waals surface area contributed by atoms with Gasteiger partial charge in [0, 0.05) is 37.0 Å². The Morgan fingerprint density at radius 1 is 1.10 bits per heavy atom. The second-order valence-corrected chi connectivity index (χ2v) is 6.40. The van der Waals surface area contributed by atoms with Crippen molar-refractivity contribution in [3.05, 3.63) is 47.7 Å². The fourth-order valence-electron chi connectivity index (χ4n) is 2.50. The molecule has 0 saturated heterocycles. The molecule has 1 aromatic carbocycles. The third kappa shape index (κ3) is 8.35. The molecule has 0 spiro atoms. The van der Waals surface area contributed by atoms with Gasteiger partial charge in [-0.1, -0.05) is 6.07 Å². The van der Waals surface area contributed by atoms with E-state index in [4.69, 9.17) is 14.2 Å². The molecule has 2 rings (SSSR count). The lowest BCUT2D eigenvalue weighted by atomic mass is 10.2. The smallest absolute Gasteiger partial charge is 0.213 e. The average Bonchev–Trinajstić information content (AvgIpc) is 2.70. The van der Waals surface area contributed by atoms with E-state index >= 15 is 0 Å². The topological polar surface area (TPSA) is 77.0 Å². The Balaban J connectivity index is 0.00000420. The maximum atomic E-state index is 5.57. The fourth-order valence-corrected chi connectivity index (χ4v) is 2.50. The Hall–Kier alpha value is -2.23. The highest BCUT2D eigenvalue weighted by molar-refractivity contribution is 14.0. The minimum absolute atomic E-state index is 0. The van der Waals surface area contributed by atoms with E-state index in [2.05, 4.69) is 20.6 Å². The van der Waals surface area contributed by atoms with Crippen LogP contribution >= 0.6 is 24.0 Å². The number of nitrogens with zero attached hydrogens (tertiary/aromatic N) is 2. The summed E-state index contributed by atoms with van der Waals surface area (Å²) in [6.07, 6.45) is 1.90. The molecule has 0 aliphatic heterocycles. The number of pyridine rings is 1. The normalized spacial score (nSPS) is 10.9. The number of aliphatic imine (C=N–C) groups is 1. The molecule has 29 heavy (non-hydrogen) atoms. The molecule has 0 atom stereocenters. The predicted octanol–water partition coefficient (Wildman–Crippen LogP) is 3.76. The molecular formula is C21H31IN4O3. The van der Waals surface area contributed by atoms with Crippen molar-refractivity contribution in [2.75, 3.05) is 20.8 Å². The maximum Gasteiger partial charge on any atom is 0.213 e. The summed E-state index contributed by atoms with van der Waals surface area (Å²) < 4.78 is 16.3. The molecule has 1 aromatic heterocycles. The van der Waals surface area contributed by atoms with Gasteiger partial charge in [0.15, 0.2) is 5.96 Å².